The standard InChI is InChI=1S/C17H20O7S/c1-13-6-8-16(9-7-13)25(19,20)23-11-17(18)14-4-3-5-15(10-14)24-22-12-21-2/h3-10,17-18H,11-12H2,1-2H3/t17-/m1/s1. The van der Waals surface area contributed by atoms with Gasteiger partial charge in [0.05, 0.1) is 11.5 Å². The molecular weight excluding hydrogens is 348 g/mol. The summed E-state index contributed by atoms with van der Waals surface area (Å²) in [5.41, 5.74) is 1.36. The van der Waals surface area contributed by atoms with E-state index in [2.05, 4.69) is 4.74 Å². The van der Waals surface area contributed by atoms with Crippen LogP contribution in [-0.2, 0) is 23.9 Å². The lowest BCUT2D eigenvalue weighted by atomic mass is 10.1. The van der Waals surface area contributed by atoms with Crippen molar-refractivity contribution in [1.82, 2.24) is 0 Å². The topological polar surface area (TPSA) is 91.3 Å². The van der Waals surface area contributed by atoms with Gasteiger partial charge in [0, 0.05) is 7.11 Å². The summed E-state index contributed by atoms with van der Waals surface area (Å²) >= 11 is 0. The van der Waals surface area contributed by atoms with Crippen LogP contribution < -0.4 is 4.89 Å². The Morgan fingerprint density at radius 2 is 1.84 bits per heavy atom. The lowest BCUT2D eigenvalue weighted by Gasteiger charge is -2.13. The Labute approximate surface area is 146 Å². The van der Waals surface area contributed by atoms with Crippen molar-refractivity contribution in [3.8, 4) is 5.75 Å². The van der Waals surface area contributed by atoms with Crippen LogP contribution in [0.4, 0.5) is 0 Å². The molecule has 0 heterocycles. The highest BCUT2D eigenvalue weighted by atomic mass is 32.2. The molecule has 1 N–H and O–H groups in total. The Bertz CT molecular complexity index is 772. The molecule has 0 unspecified atom stereocenters. The monoisotopic (exact) mass is 368 g/mol. The molecule has 0 spiro atoms. The van der Waals surface area contributed by atoms with Crippen LogP contribution in [0.15, 0.2) is 53.4 Å². The number of hydrogen-bond acceptors (Lipinski definition) is 7. The zero-order valence-electron chi connectivity index (χ0n) is 13.9. The van der Waals surface area contributed by atoms with Crippen LogP contribution in [0.3, 0.4) is 0 Å². The molecule has 8 heteroatoms. The zero-order chi connectivity index (χ0) is 18.3. The Morgan fingerprint density at radius 1 is 1.12 bits per heavy atom. The van der Waals surface area contributed by atoms with Gasteiger partial charge in [0.15, 0.2) is 12.5 Å². The molecule has 2 aromatic carbocycles. The molecule has 0 bridgehead atoms. The van der Waals surface area contributed by atoms with Gasteiger partial charge in [0.25, 0.3) is 10.1 Å². The van der Waals surface area contributed by atoms with Crippen molar-refractivity contribution < 1.29 is 32.2 Å². The summed E-state index contributed by atoms with van der Waals surface area (Å²) in [6.45, 7) is 1.38. The molecule has 0 aliphatic carbocycles. The zero-order valence-corrected chi connectivity index (χ0v) is 14.7. The number of aliphatic hydroxyl groups excluding tert-OH is 1. The summed E-state index contributed by atoms with van der Waals surface area (Å²) in [5, 5.41) is 10.2. The minimum atomic E-state index is -3.94. The van der Waals surface area contributed by atoms with Gasteiger partial charge in [0.2, 0.25) is 0 Å². The molecule has 0 aromatic heterocycles. The summed E-state index contributed by atoms with van der Waals surface area (Å²) in [5.74, 6) is 0.343. The van der Waals surface area contributed by atoms with E-state index in [9.17, 15) is 13.5 Å². The van der Waals surface area contributed by atoms with Crippen LogP contribution in [0.25, 0.3) is 0 Å². The fourth-order valence-electron chi connectivity index (χ4n) is 1.94. The third kappa shape index (κ3) is 5.80. The number of aryl methyl sites for hydroxylation is 1. The number of rotatable bonds is 9. The van der Waals surface area contributed by atoms with Gasteiger partial charge in [-0.3, -0.25) is 4.18 Å². The van der Waals surface area contributed by atoms with E-state index in [0.29, 0.717) is 11.3 Å². The number of methoxy groups -OCH3 is 1. The van der Waals surface area contributed by atoms with Gasteiger partial charge >= 0.3 is 0 Å². The van der Waals surface area contributed by atoms with E-state index in [1.165, 1.54) is 25.3 Å². The summed E-state index contributed by atoms with van der Waals surface area (Å²) < 4.78 is 33.9. The highest BCUT2D eigenvalue weighted by molar-refractivity contribution is 7.86. The normalized spacial score (nSPS) is 12.8. The lowest BCUT2D eigenvalue weighted by Crippen LogP contribution is -2.13. The van der Waals surface area contributed by atoms with Crippen molar-refractivity contribution in [1.29, 1.82) is 0 Å². The maximum Gasteiger partial charge on any atom is 0.297 e. The van der Waals surface area contributed by atoms with E-state index in [-0.39, 0.29) is 11.7 Å². The molecule has 0 fully saturated rings. The van der Waals surface area contributed by atoms with Crippen molar-refractivity contribution in [2.24, 2.45) is 0 Å². The molecule has 25 heavy (non-hydrogen) atoms. The summed E-state index contributed by atoms with van der Waals surface area (Å²) in [6, 6.07) is 12.7. The quantitative estimate of drug-likeness (QED) is 0.239. The molecule has 0 amide bonds. The van der Waals surface area contributed by atoms with Crippen LogP contribution in [0.5, 0.6) is 5.75 Å². The van der Waals surface area contributed by atoms with Crippen molar-refractivity contribution in [3.05, 3.63) is 59.7 Å². The first-order chi connectivity index (χ1) is 11.9. The molecule has 0 saturated carbocycles. The first-order valence-electron chi connectivity index (χ1n) is 7.45. The summed E-state index contributed by atoms with van der Waals surface area (Å²) in [6.07, 6.45) is -1.15. The molecular formula is C17H20O7S. The Morgan fingerprint density at radius 3 is 2.52 bits per heavy atom. The minimum Gasteiger partial charge on any atom is -0.386 e. The highest BCUT2D eigenvalue weighted by Crippen LogP contribution is 2.22. The number of hydrogen-bond donors (Lipinski definition) is 1. The molecule has 0 aliphatic rings. The molecule has 2 rings (SSSR count). The van der Waals surface area contributed by atoms with Gasteiger partial charge in [-0.15, -0.1) is 0 Å². The van der Waals surface area contributed by atoms with Crippen molar-refractivity contribution >= 4 is 10.1 Å². The molecule has 0 saturated heterocycles. The third-order valence-electron chi connectivity index (χ3n) is 3.25. The molecule has 1 atom stereocenters. The van der Waals surface area contributed by atoms with E-state index < -0.39 is 22.8 Å². The van der Waals surface area contributed by atoms with E-state index in [1.54, 1.807) is 30.3 Å². The van der Waals surface area contributed by atoms with Crippen LogP contribution >= 0.6 is 0 Å². The molecule has 7 nitrogen and oxygen atoms in total. The maximum atomic E-state index is 12.1. The average Bonchev–Trinajstić information content (AvgIpc) is 2.61. The third-order valence-corrected chi connectivity index (χ3v) is 4.55. The smallest absolute Gasteiger partial charge is 0.297 e. The van der Waals surface area contributed by atoms with Gasteiger partial charge in [-0.1, -0.05) is 29.8 Å². The Hall–Kier alpha value is -1.97. The second kappa shape index (κ2) is 8.93. The van der Waals surface area contributed by atoms with Gasteiger partial charge < -0.3 is 14.7 Å². The fraction of sp³-hybridized carbons (Fsp3) is 0.294. The maximum absolute atomic E-state index is 12.1. The number of ether oxygens (including phenoxy) is 1. The van der Waals surface area contributed by atoms with Crippen LogP contribution in [0, 0.1) is 6.92 Å². The van der Waals surface area contributed by atoms with Crippen molar-refractivity contribution in [2.45, 2.75) is 17.9 Å². The molecule has 2 aromatic rings. The fourth-order valence-corrected chi connectivity index (χ4v) is 2.85. The first kappa shape index (κ1) is 19.4. The van der Waals surface area contributed by atoms with E-state index in [4.69, 9.17) is 14.0 Å². The summed E-state index contributed by atoms with van der Waals surface area (Å²) in [4.78, 5) is 9.76. The number of aliphatic hydroxyl groups is 1. The minimum absolute atomic E-state index is 0.0374. The van der Waals surface area contributed by atoms with Gasteiger partial charge in [-0.2, -0.15) is 13.3 Å². The SMILES string of the molecule is COCOOc1cccc([C@H](O)COS(=O)(=O)c2ccc(C)cc2)c1. The van der Waals surface area contributed by atoms with Crippen LogP contribution in [-0.4, -0.2) is 34.0 Å². The van der Waals surface area contributed by atoms with Gasteiger partial charge in [-0.05, 0) is 36.8 Å². The second-order valence-electron chi connectivity index (χ2n) is 5.25. The molecule has 136 valence electrons. The largest absolute Gasteiger partial charge is 0.386 e. The predicted octanol–water partition coefficient (Wildman–Crippen LogP) is 2.35. The first-order valence-corrected chi connectivity index (χ1v) is 8.86. The lowest BCUT2D eigenvalue weighted by molar-refractivity contribution is -0.260. The summed E-state index contributed by atoms with van der Waals surface area (Å²) in [7, 11) is -2.49. The second-order valence-corrected chi connectivity index (χ2v) is 6.86. The van der Waals surface area contributed by atoms with E-state index in [0.717, 1.165) is 5.56 Å². The number of benzene rings is 2. The average molecular weight is 368 g/mol. The molecule has 0 aliphatic heterocycles. The highest BCUT2D eigenvalue weighted by Gasteiger charge is 2.18. The Kier molecular flexibility index (Phi) is 6.91. The van der Waals surface area contributed by atoms with Crippen LogP contribution in [0.2, 0.25) is 0 Å². The van der Waals surface area contributed by atoms with E-state index >= 15 is 0 Å². The van der Waals surface area contributed by atoms with Gasteiger partial charge in [0.1, 0.15) is 6.10 Å². The van der Waals surface area contributed by atoms with Crippen LogP contribution in [0.1, 0.15) is 17.2 Å². The van der Waals surface area contributed by atoms with E-state index in [1.807, 2.05) is 6.92 Å². The Balaban J connectivity index is 1.98. The predicted molar refractivity (Wildman–Crippen MR) is 89.3 cm³/mol. The molecule has 0 radical (unpaired) electrons. The van der Waals surface area contributed by atoms with Crippen molar-refractivity contribution in [2.75, 3.05) is 20.5 Å². The van der Waals surface area contributed by atoms with Crippen molar-refractivity contribution in [3.63, 3.8) is 0 Å². The van der Waals surface area contributed by atoms with Gasteiger partial charge in [-0.25, -0.2) is 0 Å².